The first-order valence-corrected chi connectivity index (χ1v) is 9.38. The molecule has 0 radical (unpaired) electrons. The molecule has 2 aliphatic carbocycles. The molecule has 2 unspecified atom stereocenters. The molecule has 2 aromatic carbocycles. The lowest BCUT2D eigenvalue weighted by atomic mass is 9.73. The van der Waals surface area contributed by atoms with Gasteiger partial charge in [-0.1, -0.05) is 24.3 Å². The van der Waals surface area contributed by atoms with Crippen LogP contribution in [0, 0.1) is 11.8 Å². The van der Waals surface area contributed by atoms with E-state index in [1.54, 1.807) is 14.2 Å². The Morgan fingerprint density at radius 1 is 0.731 bits per heavy atom. The molecule has 2 aromatic rings. The Hall–Kier alpha value is -2.26. The predicted molar refractivity (Wildman–Crippen MR) is 104 cm³/mol. The fourth-order valence-corrected chi connectivity index (χ4v) is 4.60. The van der Waals surface area contributed by atoms with Gasteiger partial charge in [-0.2, -0.15) is 0 Å². The van der Waals surface area contributed by atoms with Gasteiger partial charge in [0.05, 0.1) is 20.3 Å². The molecular weight excluding hydrogens is 324 g/mol. The molecule has 0 saturated heterocycles. The molecule has 3 heteroatoms. The van der Waals surface area contributed by atoms with Crippen LogP contribution < -0.4 is 9.47 Å². The van der Waals surface area contributed by atoms with Crippen molar-refractivity contribution in [1.82, 2.24) is 0 Å². The molecule has 2 aliphatic rings. The van der Waals surface area contributed by atoms with Crippen LogP contribution in [0.25, 0.3) is 11.1 Å². The maximum absolute atomic E-state index is 10.4. The van der Waals surface area contributed by atoms with Gasteiger partial charge in [0.25, 0.3) is 0 Å². The van der Waals surface area contributed by atoms with E-state index in [0.717, 1.165) is 37.2 Å². The largest absolute Gasteiger partial charge is 0.497 e. The summed E-state index contributed by atoms with van der Waals surface area (Å²) in [7, 11) is 3.39. The molecule has 1 N–H and O–H groups in total. The van der Waals surface area contributed by atoms with Crippen molar-refractivity contribution >= 4 is 11.1 Å². The van der Waals surface area contributed by atoms with Gasteiger partial charge in [-0.25, -0.2) is 0 Å². The number of allylic oxidation sites excluding steroid dienone is 2. The summed E-state index contributed by atoms with van der Waals surface area (Å²) in [6, 6.07) is 16.7. The van der Waals surface area contributed by atoms with Gasteiger partial charge < -0.3 is 14.6 Å². The quantitative estimate of drug-likeness (QED) is 0.861. The maximum Gasteiger partial charge on any atom is 0.118 e. The average Bonchev–Trinajstić information content (AvgIpc) is 3.07. The van der Waals surface area contributed by atoms with E-state index in [2.05, 4.69) is 24.3 Å². The Labute approximate surface area is 155 Å². The van der Waals surface area contributed by atoms with Crippen molar-refractivity contribution in [3.8, 4) is 11.5 Å². The maximum atomic E-state index is 10.4. The van der Waals surface area contributed by atoms with E-state index < -0.39 is 0 Å². The number of ether oxygens (including phenoxy) is 2. The number of rotatable bonds is 4. The number of aliphatic hydroxyl groups is 1. The first-order chi connectivity index (χ1) is 12.7. The van der Waals surface area contributed by atoms with E-state index in [4.69, 9.17) is 9.47 Å². The zero-order chi connectivity index (χ0) is 18.1. The van der Waals surface area contributed by atoms with Crippen LogP contribution in [0.4, 0.5) is 0 Å². The van der Waals surface area contributed by atoms with E-state index >= 15 is 0 Å². The molecule has 1 saturated carbocycles. The van der Waals surface area contributed by atoms with Gasteiger partial charge in [0.1, 0.15) is 11.5 Å². The molecule has 4 rings (SSSR count). The summed E-state index contributed by atoms with van der Waals surface area (Å²) in [6.07, 6.45) is 3.88. The zero-order valence-electron chi connectivity index (χ0n) is 15.4. The highest BCUT2D eigenvalue weighted by atomic mass is 16.5. The molecule has 0 aliphatic heterocycles. The molecule has 3 nitrogen and oxygen atoms in total. The second-order valence-electron chi connectivity index (χ2n) is 7.39. The Bertz CT molecular complexity index is 789. The molecule has 0 heterocycles. The lowest BCUT2D eigenvalue weighted by Crippen LogP contribution is -2.23. The fraction of sp³-hybridized carbons (Fsp3) is 0.391. The normalized spacial score (nSPS) is 25.1. The van der Waals surface area contributed by atoms with Crippen molar-refractivity contribution in [2.75, 3.05) is 14.2 Å². The van der Waals surface area contributed by atoms with Gasteiger partial charge in [0.2, 0.25) is 0 Å². The standard InChI is InChI=1S/C23H26O3/c1-25-18-8-3-15(4-9-18)20-13-17-7-12-23(24)22(17)14-21(20)16-5-10-19(26-2)11-6-16/h3-6,8-11,17,22-24H,7,12-14H2,1-2H3/t17?,22?,23-/m0/s1. The number of fused-ring (bicyclic) bond motifs is 1. The summed E-state index contributed by atoms with van der Waals surface area (Å²) < 4.78 is 10.6. The Balaban J connectivity index is 1.77. The van der Waals surface area contributed by atoms with Crippen molar-refractivity contribution in [2.45, 2.75) is 31.8 Å². The van der Waals surface area contributed by atoms with Crippen LogP contribution in [0.2, 0.25) is 0 Å². The monoisotopic (exact) mass is 350 g/mol. The summed E-state index contributed by atoms with van der Waals surface area (Å²) in [5.41, 5.74) is 5.26. The molecule has 3 atom stereocenters. The van der Waals surface area contributed by atoms with Crippen molar-refractivity contribution < 1.29 is 14.6 Å². The summed E-state index contributed by atoms with van der Waals surface area (Å²) >= 11 is 0. The lowest BCUT2D eigenvalue weighted by Gasteiger charge is -2.32. The van der Waals surface area contributed by atoms with Gasteiger partial charge >= 0.3 is 0 Å². The Kier molecular flexibility index (Phi) is 4.73. The van der Waals surface area contributed by atoms with Gasteiger partial charge in [-0.15, -0.1) is 0 Å². The first-order valence-electron chi connectivity index (χ1n) is 9.38. The highest BCUT2D eigenvalue weighted by molar-refractivity contribution is 5.92. The number of hydrogen-bond acceptors (Lipinski definition) is 3. The molecular formula is C23H26O3. The molecule has 1 fully saturated rings. The lowest BCUT2D eigenvalue weighted by molar-refractivity contribution is 0.119. The number of benzene rings is 2. The minimum Gasteiger partial charge on any atom is -0.497 e. The minimum atomic E-state index is -0.161. The topological polar surface area (TPSA) is 38.7 Å². The van der Waals surface area contributed by atoms with E-state index in [0.29, 0.717) is 11.8 Å². The summed E-state index contributed by atoms with van der Waals surface area (Å²) in [6.45, 7) is 0. The summed E-state index contributed by atoms with van der Waals surface area (Å²) in [5, 5.41) is 10.4. The third-order valence-electron chi connectivity index (χ3n) is 6.08. The van der Waals surface area contributed by atoms with Gasteiger partial charge in [-0.3, -0.25) is 0 Å². The first kappa shape index (κ1) is 17.2. The summed E-state index contributed by atoms with van der Waals surface area (Å²) in [5.74, 6) is 2.72. The van der Waals surface area contributed by atoms with E-state index in [1.165, 1.54) is 22.3 Å². The highest BCUT2D eigenvalue weighted by Crippen LogP contribution is 2.50. The van der Waals surface area contributed by atoms with Crippen LogP contribution in [0.5, 0.6) is 11.5 Å². The number of aliphatic hydroxyl groups excluding tert-OH is 1. The minimum absolute atomic E-state index is 0.161. The van der Waals surface area contributed by atoms with Crippen LogP contribution in [0.15, 0.2) is 48.5 Å². The number of methoxy groups -OCH3 is 2. The fourth-order valence-electron chi connectivity index (χ4n) is 4.60. The molecule has 26 heavy (non-hydrogen) atoms. The van der Waals surface area contributed by atoms with Crippen molar-refractivity contribution in [3.63, 3.8) is 0 Å². The molecule has 0 bridgehead atoms. The van der Waals surface area contributed by atoms with Crippen molar-refractivity contribution in [2.24, 2.45) is 11.8 Å². The SMILES string of the molecule is COc1ccc(C2=C(c3ccc(OC)cc3)CC3C(CC[C@@H]3O)C2)cc1. The van der Waals surface area contributed by atoms with Crippen LogP contribution in [0.3, 0.4) is 0 Å². The van der Waals surface area contributed by atoms with Crippen LogP contribution in [-0.4, -0.2) is 25.4 Å². The van der Waals surface area contributed by atoms with Crippen LogP contribution >= 0.6 is 0 Å². The Morgan fingerprint density at radius 3 is 1.73 bits per heavy atom. The predicted octanol–water partition coefficient (Wildman–Crippen LogP) is 4.80. The van der Waals surface area contributed by atoms with E-state index in [1.807, 2.05) is 24.3 Å². The second-order valence-corrected chi connectivity index (χ2v) is 7.39. The third kappa shape index (κ3) is 3.12. The average molecular weight is 350 g/mol. The summed E-state index contributed by atoms with van der Waals surface area (Å²) in [4.78, 5) is 0. The van der Waals surface area contributed by atoms with Crippen molar-refractivity contribution in [3.05, 3.63) is 59.7 Å². The highest BCUT2D eigenvalue weighted by Gasteiger charge is 2.39. The molecule has 0 amide bonds. The molecule has 136 valence electrons. The van der Waals surface area contributed by atoms with E-state index in [9.17, 15) is 5.11 Å². The Morgan fingerprint density at radius 2 is 1.23 bits per heavy atom. The zero-order valence-corrected chi connectivity index (χ0v) is 15.4. The van der Waals surface area contributed by atoms with Crippen LogP contribution in [0.1, 0.15) is 36.8 Å². The van der Waals surface area contributed by atoms with Gasteiger partial charge in [0.15, 0.2) is 0 Å². The van der Waals surface area contributed by atoms with Gasteiger partial charge in [-0.05, 0) is 84.1 Å². The third-order valence-corrected chi connectivity index (χ3v) is 6.08. The van der Waals surface area contributed by atoms with Crippen molar-refractivity contribution in [1.29, 1.82) is 0 Å². The molecule has 0 spiro atoms. The van der Waals surface area contributed by atoms with E-state index in [-0.39, 0.29) is 6.10 Å². The smallest absolute Gasteiger partial charge is 0.118 e. The van der Waals surface area contributed by atoms with Crippen LogP contribution in [-0.2, 0) is 0 Å². The van der Waals surface area contributed by atoms with Gasteiger partial charge in [0, 0.05) is 0 Å². The molecule has 0 aromatic heterocycles. The second kappa shape index (κ2) is 7.16. The number of hydrogen-bond donors (Lipinski definition) is 1.